The van der Waals surface area contributed by atoms with E-state index in [-0.39, 0.29) is 4.90 Å². The highest BCUT2D eigenvalue weighted by atomic mass is 32.2. The van der Waals surface area contributed by atoms with Gasteiger partial charge in [-0.3, -0.25) is 0 Å². The summed E-state index contributed by atoms with van der Waals surface area (Å²) in [6, 6.07) is 12.1. The SMILES string of the molecule is Cc1ccc(S(=O)(=O)[O-])cc1.OC12CCCCC1C[n+]1ccccc1C2. The molecule has 26 heavy (non-hydrogen) atoms. The van der Waals surface area contributed by atoms with Gasteiger partial charge in [0.15, 0.2) is 18.4 Å². The molecule has 2 heterocycles. The van der Waals surface area contributed by atoms with E-state index < -0.39 is 15.7 Å². The van der Waals surface area contributed by atoms with Crippen LogP contribution in [0.4, 0.5) is 0 Å². The molecule has 0 bridgehead atoms. The highest BCUT2D eigenvalue weighted by Gasteiger charge is 2.46. The number of pyridine rings is 1. The molecule has 2 atom stereocenters. The van der Waals surface area contributed by atoms with Crippen LogP contribution in [-0.4, -0.2) is 23.7 Å². The van der Waals surface area contributed by atoms with E-state index in [0.29, 0.717) is 5.92 Å². The van der Waals surface area contributed by atoms with Gasteiger partial charge in [0.05, 0.1) is 16.9 Å². The lowest BCUT2D eigenvalue weighted by atomic mass is 9.71. The number of aromatic nitrogens is 1. The zero-order valence-electron chi connectivity index (χ0n) is 15.0. The minimum absolute atomic E-state index is 0.178. The third-order valence-corrected chi connectivity index (χ3v) is 6.27. The zero-order valence-corrected chi connectivity index (χ0v) is 15.8. The topological polar surface area (TPSA) is 81.3 Å². The predicted molar refractivity (Wildman–Crippen MR) is 96.4 cm³/mol. The van der Waals surface area contributed by atoms with Crippen molar-refractivity contribution in [2.24, 2.45) is 5.92 Å². The molecule has 140 valence electrons. The molecule has 2 aliphatic rings. The lowest BCUT2D eigenvalue weighted by Crippen LogP contribution is -2.58. The molecule has 5 nitrogen and oxygen atoms in total. The fraction of sp³-hybridized carbons (Fsp3) is 0.450. The van der Waals surface area contributed by atoms with Crippen LogP contribution in [0.3, 0.4) is 0 Å². The molecule has 1 aliphatic carbocycles. The Morgan fingerprint density at radius 1 is 1.15 bits per heavy atom. The molecule has 4 rings (SSSR count). The molecule has 0 spiro atoms. The van der Waals surface area contributed by atoms with Gasteiger partial charge in [-0.05, 0) is 31.9 Å². The van der Waals surface area contributed by atoms with Gasteiger partial charge in [-0.15, -0.1) is 0 Å². The first kappa shape index (κ1) is 19.0. The first-order chi connectivity index (χ1) is 12.3. The Hall–Kier alpha value is -1.76. The molecule has 1 N–H and O–H groups in total. The molecular formula is C20H25NO4S. The van der Waals surface area contributed by atoms with Gasteiger partial charge in [0.2, 0.25) is 0 Å². The molecule has 1 aromatic carbocycles. The Kier molecular flexibility index (Phi) is 5.46. The summed E-state index contributed by atoms with van der Waals surface area (Å²) in [5.41, 5.74) is 1.81. The zero-order chi connectivity index (χ0) is 18.8. The highest BCUT2D eigenvalue weighted by Crippen LogP contribution is 2.38. The molecule has 0 radical (unpaired) electrons. The van der Waals surface area contributed by atoms with E-state index in [1.54, 1.807) is 12.1 Å². The quantitative estimate of drug-likeness (QED) is 0.613. The number of fused-ring (bicyclic) bond motifs is 2. The van der Waals surface area contributed by atoms with Crippen LogP contribution in [0.15, 0.2) is 53.6 Å². The molecule has 0 amide bonds. The standard InChI is InChI=1S/C13H18NO.C7H8O3S/c15-13-7-3-1-5-11(13)10-14-8-4-2-6-12(14)9-13;1-6-2-4-7(5-3-6)11(8,9)10/h2,4,6,8,11,15H,1,3,5,7,9-10H2;2-5H,1H3,(H,8,9,10)/q+1;/p-1. The van der Waals surface area contributed by atoms with Crippen LogP contribution in [0.5, 0.6) is 0 Å². The summed E-state index contributed by atoms with van der Waals surface area (Å²) in [5.74, 6) is 0.478. The minimum atomic E-state index is -4.27. The molecule has 2 unspecified atom stereocenters. The number of rotatable bonds is 1. The Morgan fingerprint density at radius 2 is 1.88 bits per heavy atom. The van der Waals surface area contributed by atoms with Crippen molar-refractivity contribution < 1.29 is 22.6 Å². The monoisotopic (exact) mass is 375 g/mol. The number of aliphatic hydroxyl groups is 1. The van der Waals surface area contributed by atoms with Gasteiger partial charge in [-0.2, -0.15) is 0 Å². The van der Waals surface area contributed by atoms with Crippen LogP contribution in [0.2, 0.25) is 0 Å². The lowest BCUT2D eigenvalue weighted by Gasteiger charge is -2.40. The summed E-state index contributed by atoms with van der Waals surface area (Å²) in [6.07, 6.45) is 7.65. The molecule has 6 heteroatoms. The van der Waals surface area contributed by atoms with E-state index in [9.17, 15) is 18.1 Å². The fourth-order valence-corrected chi connectivity index (χ4v) is 4.36. The summed E-state index contributed by atoms with van der Waals surface area (Å²) < 4.78 is 33.5. The molecule has 1 aliphatic heterocycles. The number of hydrogen-bond acceptors (Lipinski definition) is 4. The first-order valence-electron chi connectivity index (χ1n) is 9.00. The van der Waals surface area contributed by atoms with E-state index in [2.05, 4.69) is 29.0 Å². The first-order valence-corrected chi connectivity index (χ1v) is 10.4. The maximum absolute atomic E-state index is 10.6. The van der Waals surface area contributed by atoms with Crippen LogP contribution in [-0.2, 0) is 23.1 Å². The fourth-order valence-electron chi connectivity index (χ4n) is 3.89. The van der Waals surface area contributed by atoms with Gasteiger partial charge in [-0.1, -0.05) is 36.6 Å². The summed E-state index contributed by atoms with van der Waals surface area (Å²) >= 11 is 0. The van der Waals surface area contributed by atoms with E-state index in [1.165, 1.54) is 37.1 Å². The molecule has 2 aromatic rings. The van der Waals surface area contributed by atoms with Crippen molar-refractivity contribution >= 4 is 10.1 Å². The maximum Gasteiger partial charge on any atom is 0.184 e. The maximum atomic E-state index is 10.6. The van der Waals surface area contributed by atoms with Gasteiger partial charge < -0.3 is 9.66 Å². The van der Waals surface area contributed by atoms with Crippen LogP contribution >= 0.6 is 0 Å². The average Bonchev–Trinajstić information content (AvgIpc) is 2.59. The van der Waals surface area contributed by atoms with Gasteiger partial charge in [0.25, 0.3) is 0 Å². The van der Waals surface area contributed by atoms with Crippen molar-refractivity contribution in [3.05, 3.63) is 59.9 Å². The molecule has 1 aromatic heterocycles. The van der Waals surface area contributed by atoms with E-state index in [0.717, 1.165) is 24.9 Å². The molecule has 0 saturated heterocycles. The molecule has 1 saturated carbocycles. The average molecular weight is 375 g/mol. The van der Waals surface area contributed by atoms with Crippen molar-refractivity contribution in [3.63, 3.8) is 0 Å². The lowest BCUT2D eigenvalue weighted by molar-refractivity contribution is -0.721. The molecular weight excluding hydrogens is 350 g/mol. The second-order valence-corrected chi connectivity index (χ2v) is 8.71. The number of nitrogens with zero attached hydrogens (tertiary/aromatic N) is 1. The van der Waals surface area contributed by atoms with Crippen LogP contribution in [0.1, 0.15) is 36.9 Å². The Morgan fingerprint density at radius 3 is 2.58 bits per heavy atom. The summed E-state index contributed by atoms with van der Waals surface area (Å²) in [4.78, 5) is -0.178. The Bertz CT molecular complexity index is 864. The van der Waals surface area contributed by atoms with E-state index in [4.69, 9.17) is 0 Å². The van der Waals surface area contributed by atoms with Gasteiger partial charge >= 0.3 is 0 Å². The van der Waals surface area contributed by atoms with Crippen molar-refractivity contribution in [1.29, 1.82) is 0 Å². The van der Waals surface area contributed by atoms with Crippen LogP contribution < -0.4 is 4.57 Å². The number of benzene rings is 1. The summed E-state index contributed by atoms with van der Waals surface area (Å²) in [7, 11) is -4.27. The van der Waals surface area contributed by atoms with E-state index >= 15 is 0 Å². The van der Waals surface area contributed by atoms with Crippen LogP contribution in [0.25, 0.3) is 0 Å². The van der Waals surface area contributed by atoms with Gasteiger partial charge in [0.1, 0.15) is 10.1 Å². The molecule has 1 fully saturated rings. The third kappa shape index (κ3) is 4.31. The predicted octanol–water partition coefficient (Wildman–Crippen LogP) is 2.35. The second-order valence-electron chi connectivity index (χ2n) is 7.33. The number of hydrogen-bond donors (Lipinski definition) is 1. The number of aryl methyl sites for hydroxylation is 1. The largest absolute Gasteiger partial charge is 0.744 e. The van der Waals surface area contributed by atoms with Crippen molar-refractivity contribution in [2.75, 3.05) is 0 Å². The van der Waals surface area contributed by atoms with Crippen molar-refractivity contribution in [3.8, 4) is 0 Å². The van der Waals surface area contributed by atoms with Crippen molar-refractivity contribution in [1.82, 2.24) is 0 Å². The van der Waals surface area contributed by atoms with Gasteiger partial charge in [-0.25, -0.2) is 13.0 Å². The Balaban J connectivity index is 0.000000160. The highest BCUT2D eigenvalue weighted by molar-refractivity contribution is 7.85. The summed E-state index contributed by atoms with van der Waals surface area (Å²) in [6.45, 7) is 2.83. The van der Waals surface area contributed by atoms with Crippen LogP contribution in [0, 0.1) is 12.8 Å². The van der Waals surface area contributed by atoms with Crippen molar-refractivity contribution in [2.45, 2.75) is 56.1 Å². The van der Waals surface area contributed by atoms with E-state index in [1.807, 2.05) is 6.92 Å². The Labute approximate surface area is 155 Å². The smallest absolute Gasteiger partial charge is 0.184 e. The van der Waals surface area contributed by atoms with Gasteiger partial charge in [0, 0.05) is 18.1 Å². The minimum Gasteiger partial charge on any atom is -0.744 e. The second kappa shape index (κ2) is 7.47. The summed E-state index contributed by atoms with van der Waals surface area (Å²) in [5, 5.41) is 10.6. The third-order valence-electron chi connectivity index (χ3n) is 5.42. The normalized spacial score (nSPS) is 24.7.